The van der Waals surface area contributed by atoms with Gasteiger partial charge in [-0.05, 0) is 86.7 Å². The summed E-state index contributed by atoms with van der Waals surface area (Å²) in [6.07, 6.45) is 8.73. The van der Waals surface area contributed by atoms with E-state index in [-0.39, 0.29) is 29.9 Å². The third kappa shape index (κ3) is 3.82. The summed E-state index contributed by atoms with van der Waals surface area (Å²) < 4.78 is 21.5. The van der Waals surface area contributed by atoms with Gasteiger partial charge >= 0.3 is 5.97 Å². The van der Waals surface area contributed by atoms with Crippen molar-refractivity contribution in [3.05, 3.63) is 29.1 Å². The molecule has 1 aromatic carbocycles. The van der Waals surface area contributed by atoms with Gasteiger partial charge in [-0.2, -0.15) is 0 Å². The smallest absolute Gasteiger partial charge is 0.326 e. The Morgan fingerprint density at radius 2 is 1.70 bits per heavy atom. The van der Waals surface area contributed by atoms with Crippen molar-refractivity contribution in [3.8, 4) is 5.75 Å². The van der Waals surface area contributed by atoms with Gasteiger partial charge in [0.25, 0.3) is 5.91 Å². The van der Waals surface area contributed by atoms with Crippen LogP contribution in [-0.2, 0) is 4.79 Å². The number of hydrogen-bond acceptors (Lipinski definition) is 4. The van der Waals surface area contributed by atoms with E-state index in [1.165, 1.54) is 44.6 Å². The van der Waals surface area contributed by atoms with Crippen LogP contribution in [0.4, 0.5) is 4.39 Å². The Morgan fingerprint density at radius 1 is 1.06 bits per heavy atom. The number of amides is 1. The molecule has 5 aliphatic carbocycles. The van der Waals surface area contributed by atoms with Crippen LogP contribution in [0.25, 0.3) is 0 Å². The van der Waals surface area contributed by atoms with Gasteiger partial charge in [0.2, 0.25) is 0 Å². The third-order valence-corrected chi connectivity index (χ3v) is 8.87. The Morgan fingerprint density at radius 3 is 2.27 bits per heavy atom. The number of carboxylic acid groups (broad SMARTS) is 1. The highest BCUT2D eigenvalue weighted by atomic mass is 19.1. The normalized spacial score (nSPS) is 36.9. The Labute approximate surface area is 193 Å². The van der Waals surface area contributed by atoms with Crippen molar-refractivity contribution in [1.82, 2.24) is 4.90 Å². The van der Waals surface area contributed by atoms with Crippen LogP contribution in [0.3, 0.4) is 0 Å². The van der Waals surface area contributed by atoms with Crippen molar-refractivity contribution in [2.75, 3.05) is 13.2 Å². The monoisotopic (exact) mass is 457 g/mol. The van der Waals surface area contributed by atoms with E-state index in [1.54, 1.807) is 6.07 Å². The van der Waals surface area contributed by atoms with Gasteiger partial charge in [0.15, 0.2) is 0 Å². The largest absolute Gasteiger partial charge is 0.493 e. The van der Waals surface area contributed by atoms with Crippen LogP contribution in [0.15, 0.2) is 12.1 Å². The fourth-order valence-electron chi connectivity index (χ4n) is 7.70. The van der Waals surface area contributed by atoms with Crippen LogP contribution in [0.1, 0.15) is 79.6 Å². The van der Waals surface area contributed by atoms with Crippen molar-refractivity contribution < 1.29 is 28.9 Å². The molecule has 1 heterocycles. The quantitative estimate of drug-likeness (QED) is 0.675. The predicted octanol–water partition coefficient (Wildman–Crippen LogP) is 3.96. The molecule has 0 spiro atoms. The number of hydrogen-bond donors (Lipinski definition) is 2. The summed E-state index contributed by atoms with van der Waals surface area (Å²) in [7, 11) is 0. The molecule has 1 aromatic rings. The fourth-order valence-corrected chi connectivity index (χ4v) is 7.70. The second-order valence-corrected chi connectivity index (χ2v) is 11.6. The van der Waals surface area contributed by atoms with E-state index in [4.69, 9.17) is 4.74 Å². The average Bonchev–Trinajstić information content (AvgIpc) is 3.51. The fraction of sp³-hybridized carbons (Fsp3) is 0.692. The molecule has 7 rings (SSSR count). The summed E-state index contributed by atoms with van der Waals surface area (Å²) in [5, 5.41) is 19.3. The van der Waals surface area contributed by atoms with E-state index in [0.717, 1.165) is 41.1 Å². The van der Waals surface area contributed by atoms with E-state index in [9.17, 15) is 19.8 Å². The summed E-state index contributed by atoms with van der Waals surface area (Å²) in [6, 6.07) is 1.78. The molecule has 0 radical (unpaired) electrons. The number of carbonyl (C=O) groups is 2. The van der Waals surface area contributed by atoms with Crippen molar-refractivity contribution in [2.24, 2.45) is 23.2 Å². The number of ether oxygens (including phenoxy) is 1. The van der Waals surface area contributed by atoms with Gasteiger partial charge in [-0.3, -0.25) is 4.79 Å². The molecule has 4 bridgehead atoms. The second-order valence-electron chi connectivity index (χ2n) is 11.6. The van der Waals surface area contributed by atoms with Gasteiger partial charge in [0.05, 0.1) is 18.3 Å². The molecule has 6 nitrogen and oxygen atoms in total. The second kappa shape index (κ2) is 7.69. The number of halogens is 1. The highest BCUT2D eigenvalue weighted by Crippen LogP contribution is 2.60. The first-order chi connectivity index (χ1) is 15.8. The number of aliphatic carboxylic acids is 1. The van der Waals surface area contributed by atoms with Crippen molar-refractivity contribution in [2.45, 2.75) is 75.9 Å². The number of aliphatic hydroxyl groups is 1. The summed E-state index contributed by atoms with van der Waals surface area (Å²) in [5.41, 5.74) is 0.941. The molecule has 1 aliphatic heterocycles. The summed E-state index contributed by atoms with van der Waals surface area (Å²) in [6.45, 7) is 0.515. The number of carboxylic acids is 1. The highest BCUT2D eigenvalue weighted by Gasteiger charge is 2.51. The lowest BCUT2D eigenvalue weighted by Crippen LogP contribution is -2.48. The van der Waals surface area contributed by atoms with Gasteiger partial charge in [-0.25, -0.2) is 9.18 Å². The SMILES string of the molecule is O=C(O)[C@H]1C[C@@H](O)CN1C(=O)c1cc(C2CC2)c(OCC23CC4CC(CC(C4)C2)C3)cc1F. The van der Waals surface area contributed by atoms with Crippen LogP contribution < -0.4 is 4.74 Å². The average molecular weight is 458 g/mol. The van der Waals surface area contributed by atoms with Crippen LogP contribution >= 0.6 is 0 Å². The van der Waals surface area contributed by atoms with E-state index in [0.29, 0.717) is 12.4 Å². The van der Waals surface area contributed by atoms with E-state index >= 15 is 4.39 Å². The van der Waals surface area contributed by atoms with Crippen molar-refractivity contribution in [3.63, 3.8) is 0 Å². The Kier molecular flexibility index (Phi) is 4.98. The highest BCUT2D eigenvalue weighted by molar-refractivity contribution is 5.97. The molecule has 7 heteroatoms. The van der Waals surface area contributed by atoms with Crippen LogP contribution in [0.5, 0.6) is 5.75 Å². The topological polar surface area (TPSA) is 87.1 Å². The zero-order valence-electron chi connectivity index (χ0n) is 18.8. The molecule has 5 saturated carbocycles. The molecular weight excluding hydrogens is 425 g/mol. The molecule has 33 heavy (non-hydrogen) atoms. The molecule has 0 unspecified atom stereocenters. The minimum absolute atomic E-state index is 0.0373. The first-order valence-electron chi connectivity index (χ1n) is 12.5. The predicted molar refractivity (Wildman–Crippen MR) is 118 cm³/mol. The minimum Gasteiger partial charge on any atom is -0.493 e. The lowest BCUT2D eigenvalue weighted by molar-refractivity contribution is -0.141. The number of aliphatic hydroxyl groups excluding tert-OH is 1. The number of likely N-dealkylation sites (tertiary alicyclic amines) is 1. The van der Waals surface area contributed by atoms with E-state index in [1.807, 2.05) is 0 Å². The summed E-state index contributed by atoms with van der Waals surface area (Å²) >= 11 is 0. The molecule has 2 N–H and O–H groups in total. The molecule has 1 amide bonds. The third-order valence-electron chi connectivity index (χ3n) is 8.87. The van der Waals surface area contributed by atoms with Crippen molar-refractivity contribution in [1.29, 1.82) is 0 Å². The van der Waals surface area contributed by atoms with E-state index in [2.05, 4.69) is 0 Å². The number of carbonyl (C=O) groups excluding carboxylic acids is 1. The van der Waals surface area contributed by atoms with Gasteiger partial charge < -0.3 is 19.8 Å². The Hall–Kier alpha value is -2.15. The van der Waals surface area contributed by atoms with Crippen LogP contribution in [0.2, 0.25) is 0 Å². The molecule has 2 atom stereocenters. The summed E-state index contributed by atoms with van der Waals surface area (Å²) in [4.78, 5) is 25.7. The molecule has 0 aromatic heterocycles. The maximum atomic E-state index is 15.2. The number of β-amino-alcohol motifs (C(OH)–C–C–N with tert-alkyl or cyclic N) is 1. The van der Waals surface area contributed by atoms with Crippen LogP contribution in [-0.4, -0.2) is 52.3 Å². The Balaban J connectivity index is 1.24. The molecular formula is C26H32FNO5. The van der Waals surface area contributed by atoms with Gasteiger partial charge in [-0.15, -0.1) is 0 Å². The standard InChI is InChI=1S/C26H32FNO5/c27-21-8-23(33-13-26-9-14-3-15(10-26)5-16(4-14)11-26)19(17-1-2-17)7-20(21)24(30)28-12-18(29)6-22(28)25(31)32/h7-8,14-18,22,29H,1-6,9-13H2,(H,31,32)/t14?,15?,16?,18-,22-,26?/m1/s1. The summed E-state index contributed by atoms with van der Waals surface area (Å²) in [5.74, 6) is 0.702. The zero-order chi connectivity index (χ0) is 22.9. The van der Waals surface area contributed by atoms with Gasteiger partial charge in [0, 0.05) is 24.4 Å². The lowest BCUT2D eigenvalue weighted by Gasteiger charge is -2.56. The maximum Gasteiger partial charge on any atom is 0.326 e. The first-order valence-corrected chi connectivity index (χ1v) is 12.5. The molecule has 6 fully saturated rings. The minimum atomic E-state index is -1.18. The maximum absolute atomic E-state index is 15.2. The number of rotatable bonds is 6. The molecule has 1 saturated heterocycles. The van der Waals surface area contributed by atoms with Gasteiger partial charge in [0.1, 0.15) is 17.6 Å². The molecule has 6 aliphatic rings. The van der Waals surface area contributed by atoms with Crippen LogP contribution in [0, 0.1) is 29.0 Å². The lowest BCUT2D eigenvalue weighted by atomic mass is 9.50. The number of benzene rings is 1. The van der Waals surface area contributed by atoms with Crippen molar-refractivity contribution >= 4 is 11.9 Å². The number of nitrogens with zero attached hydrogens (tertiary/aromatic N) is 1. The van der Waals surface area contributed by atoms with Gasteiger partial charge in [-0.1, -0.05) is 0 Å². The van der Waals surface area contributed by atoms with E-state index < -0.39 is 29.8 Å². The Bertz CT molecular complexity index is 954. The zero-order valence-corrected chi connectivity index (χ0v) is 18.8. The molecule has 178 valence electrons. The first kappa shape index (κ1) is 21.4.